The van der Waals surface area contributed by atoms with Gasteiger partial charge in [0, 0.05) is 37.1 Å². The fourth-order valence-corrected chi connectivity index (χ4v) is 3.24. The molecule has 5 nitrogen and oxygen atoms in total. The number of aromatic nitrogens is 3. The third-order valence-corrected chi connectivity index (χ3v) is 5.09. The van der Waals surface area contributed by atoms with Crippen LogP contribution in [0.5, 0.6) is 0 Å². The SMILES string of the molecule is Cc1ccc(-c2n[nH]c(=S)n2CCC(=O)N(C)Cc2ccccc2Cl)cc1. The minimum Gasteiger partial charge on any atom is -0.341 e. The van der Waals surface area contributed by atoms with Crippen LogP contribution in [0.25, 0.3) is 11.4 Å². The van der Waals surface area contributed by atoms with Gasteiger partial charge in [0.25, 0.3) is 0 Å². The Morgan fingerprint density at radius 3 is 2.63 bits per heavy atom. The van der Waals surface area contributed by atoms with Crippen LogP contribution in [0.3, 0.4) is 0 Å². The Balaban J connectivity index is 1.69. The Bertz CT molecular complexity index is 994. The van der Waals surface area contributed by atoms with Crippen molar-refractivity contribution in [3.05, 3.63) is 69.5 Å². The smallest absolute Gasteiger partial charge is 0.224 e. The van der Waals surface area contributed by atoms with Gasteiger partial charge < -0.3 is 4.90 Å². The molecule has 27 heavy (non-hydrogen) atoms. The fraction of sp³-hybridized carbons (Fsp3) is 0.250. The van der Waals surface area contributed by atoms with Crippen molar-refractivity contribution in [1.82, 2.24) is 19.7 Å². The van der Waals surface area contributed by atoms with Crippen LogP contribution in [0.4, 0.5) is 0 Å². The maximum atomic E-state index is 12.6. The summed E-state index contributed by atoms with van der Waals surface area (Å²) < 4.78 is 2.37. The molecular weight excluding hydrogens is 380 g/mol. The van der Waals surface area contributed by atoms with Crippen LogP contribution in [0, 0.1) is 11.7 Å². The van der Waals surface area contributed by atoms with Gasteiger partial charge in [0.2, 0.25) is 5.91 Å². The average Bonchev–Trinajstić information content (AvgIpc) is 3.02. The molecule has 1 amide bonds. The van der Waals surface area contributed by atoms with Gasteiger partial charge in [-0.1, -0.05) is 59.6 Å². The van der Waals surface area contributed by atoms with Crippen molar-refractivity contribution in [2.75, 3.05) is 7.05 Å². The lowest BCUT2D eigenvalue weighted by atomic mass is 10.1. The zero-order valence-electron chi connectivity index (χ0n) is 15.3. The number of rotatable bonds is 6. The van der Waals surface area contributed by atoms with Crippen LogP contribution in [0.1, 0.15) is 17.5 Å². The molecule has 0 aliphatic heterocycles. The van der Waals surface area contributed by atoms with Crippen LogP contribution in [0.15, 0.2) is 48.5 Å². The summed E-state index contributed by atoms with van der Waals surface area (Å²) >= 11 is 11.5. The molecule has 3 rings (SSSR count). The van der Waals surface area contributed by atoms with E-state index in [-0.39, 0.29) is 5.91 Å². The molecule has 0 radical (unpaired) electrons. The predicted molar refractivity (Wildman–Crippen MR) is 110 cm³/mol. The monoisotopic (exact) mass is 400 g/mol. The summed E-state index contributed by atoms with van der Waals surface area (Å²) in [4.78, 5) is 14.2. The maximum absolute atomic E-state index is 12.6. The Kier molecular flexibility index (Phi) is 6.08. The number of aryl methyl sites for hydroxylation is 1. The first-order valence-electron chi connectivity index (χ1n) is 8.65. The average molecular weight is 401 g/mol. The standard InChI is InChI=1S/C20H21ClN4OS/c1-14-7-9-15(10-8-14)19-22-23-20(27)25(19)12-11-18(26)24(2)13-16-5-3-4-6-17(16)21/h3-10H,11-13H2,1-2H3,(H,23,27). The highest BCUT2D eigenvalue weighted by molar-refractivity contribution is 7.71. The van der Waals surface area contributed by atoms with Gasteiger partial charge in [0.15, 0.2) is 10.6 Å². The minimum absolute atomic E-state index is 0.0212. The van der Waals surface area contributed by atoms with Gasteiger partial charge in [0.1, 0.15) is 0 Å². The lowest BCUT2D eigenvalue weighted by Crippen LogP contribution is -2.27. The molecule has 7 heteroatoms. The van der Waals surface area contributed by atoms with Crippen LogP contribution in [-0.2, 0) is 17.9 Å². The number of benzene rings is 2. The van der Waals surface area contributed by atoms with Crippen LogP contribution < -0.4 is 0 Å². The molecular formula is C20H21ClN4OS. The third kappa shape index (κ3) is 4.64. The van der Waals surface area contributed by atoms with Crippen LogP contribution >= 0.6 is 23.8 Å². The van der Waals surface area contributed by atoms with E-state index >= 15 is 0 Å². The summed E-state index contributed by atoms with van der Waals surface area (Å²) in [5, 5.41) is 7.81. The van der Waals surface area contributed by atoms with Gasteiger partial charge in [-0.15, -0.1) is 0 Å². The lowest BCUT2D eigenvalue weighted by molar-refractivity contribution is -0.130. The highest BCUT2D eigenvalue weighted by atomic mass is 35.5. The van der Waals surface area contributed by atoms with Crippen molar-refractivity contribution in [2.45, 2.75) is 26.4 Å². The number of halogens is 1. The van der Waals surface area contributed by atoms with Gasteiger partial charge in [-0.2, -0.15) is 5.10 Å². The van der Waals surface area contributed by atoms with E-state index in [0.29, 0.717) is 29.3 Å². The summed E-state index contributed by atoms with van der Waals surface area (Å²) in [6.07, 6.45) is 0.327. The number of carbonyl (C=O) groups excluding carboxylic acids is 1. The van der Waals surface area contributed by atoms with Crippen LogP contribution in [0.2, 0.25) is 5.02 Å². The minimum atomic E-state index is 0.0212. The Morgan fingerprint density at radius 1 is 1.22 bits per heavy atom. The number of carbonyl (C=O) groups is 1. The number of hydrogen-bond acceptors (Lipinski definition) is 3. The number of aromatic amines is 1. The first-order valence-corrected chi connectivity index (χ1v) is 9.44. The van der Waals surface area contributed by atoms with Crippen molar-refractivity contribution in [2.24, 2.45) is 0 Å². The van der Waals surface area contributed by atoms with E-state index in [4.69, 9.17) is 23.8 Å². The largest absolute Gasteiger partial charge is 0.341 e. The highest BCUT2D eigenvalue weighted by Gasteiger charge is 2.14. The fourth-order valence-electron chi connectivity index (χ4n) is 2.82. The van der Waals surface area contributed by atoms with E-state index in [1.165, 1.54) is 5.56 Å². The van der Waals surface area contributed by atoms with E-state index in [2.05, 4.69) is 10.2 Å². The number of amides is 1. The van der Waals surface area contributed by atoms with Crippen molar-refractivity contribution < 1.29 is 4.79 Å². The molecule has 0 atom stereocenters. The van der Waals surface area contributed by atoms with Crippen molar-refractivity contribution in [3.63, 3.8) is 0 Å². The second kappa shape index (κ2) is 8.50. The summed E-state index contributed by atoms with van der Waals surface area (Å²) in [6, 6.07) is 15.6. The van der Waals surface area contributed by atoms with E-state index in [0.717, 1.165) is 17.0 Å². The Morgan fingerprint density at radius 2 is 1.93 bits per heavy atom. The summed E-state index contributed by atoms with van der Waals surface area (Å²) in [5.74, 6) is 0.759. The Labute approximate surface area is 168 Å². The molecule has 3 aromatic rings. The quantitative estimate of drug-likeness (QED) is 0.614. The second-order valence-electron chi connectivity index (χ2n) is 6.46. The third-order valence-electron chi connectivity index (χ3n) is 4.41. The van der Waals surface area contributed by atoms with Crippen molar-refractivity contribution in [3.8, 4) is 11.4 Å². The predicted octanol–water partition coefficient (Wildman–Crippen LogP) is 4.62. The molecule has 1 N–H and O–H groups in total. The van der Waals surface area contributed by atoms with Gasteiger partial charge in [-0.3, -0.25) is 14.5 Å². The van der Waals surface area contributed by atoms with E-state index < -0.39 is 0 Å². The molecule has 0 aliphatic rings. The number of hydrogen-bond donors (Lipinski definition) is 1. The first kappa shape index (κ1) is 19.3. The molecule has 1 heterocycles. The van der Waals surface area contributed by atoms with Crippen molar-refractivity contribution >= 4 is 29.7 Å². The normalized spacial score (nSPS) is 10.8. The molecule has 0 bridgehead atoms. The van der Waals surface area contributed by atoms with E-state index in [1.54, 1.807) is 11.9 Å². The summed E-state index contributed by atoms with van der Waals surface area (Å²) in [7, 11) is 1.78. The molecule has 1 aromatic heterocycles. The molecule has 0 saturated heterocycles. The summed E-state index contributed by atoms with van der Waals surface area (Å²) in [5.41, 5.74) is 3.07. The van der Waals surface area contributed by atoms with Crippen LogP contribution in [-0.4, -0.2) is 32.6 Å². The van der Waals surface area contributed by atoms with Gasteiger partial charge in [-0.05, 0) is 30.8 Å². The van der Waals surface area contributed by atoms with Gasteiger partial charge >= 0.3 is 0 Å². The van der Waals surface area contributed by atoms with Crippen molar-refractivity contribution in [1.29, 1.82) is 0 Å². The molecule has 0 saturated carbocycles. The van der Waals surface area contributed by atoms with E-state index in [9.17, 15) is 4.79 Å². The maximum Gasteiger partial charge on any atom is 0.224 e. The first-order chi connectivity index (χ1) is 13.0. The lowest BCUT2D eigenvalue weighted by Gasteiger charge is -2.18. The second-order valence-corrected chi connectivity index (χ2v) is 7.26. The highest BCUT2D eigenvalue weighted by Crippen LogP contribution is 2.19. The summed E-state index contributed by atoms with van der Waals surface area (Å²) in [6.45, 7) is 2.97. The number of nitrogens with one attached hydrogen (secondary N) is 1. The van der Waals surface area contributed by atoms with E-state index in [1.807, 2.05) is 60.0 Å². The molecule has 2 aromatic carbocycles. The zero-order chi connectivity index (χ0) is 19.4. The Hall–Kier alpha value is -2.44. The molecule has 140 valence electrons. The van der Waals surface area contributed by atoms with Gasteiger partial charge in [0.05, 0.1) is 0 Å². The molecule has 0 spiro atoms. The zero-order valence-corrected chi connectivity index (χ0v) is 16.8. The molecule has 0 fully saturated rings. The number of H-pyrrole nitrogens is 1. The number of nitrogens with zero attached hydrogens (tertiary/aromatic N) is 3. The molecule has 0 unspecified atom stereocenters. The van der Waals surface area contributed by atoms with Gasteiger partial charge in [-0.25, -0.2) is 0 Å². The topological polar surface area (TPSA) is 53.9 Å². The molecule has 0 aliphatic carbocycles.